The van der Waals surface area contributed by atoms with Gasteiger partial charge in [0.2, 0.25) is 0 Å². The minimum Gasteiger partial charge on any atom is -0.496 e. The van der Waals surface area contributed by atoms with Crippen LogP contribution in [0.1, 0.15) is 45.7 Å². The van der Waals surface area contributed by atoms with Crippen LogP contribution in [0.25, 0.3) is 0 Å². The van der Waals surface area contributed by atoms with Gasteiger partial charge in [0.05, 0.1) is 17.6 Å². The molecule has 21 heavy (non-hydrogen) atoms. The maximum absolute atomic E-state index is 12.5. The molecule has 0 aliphatic rings. The molecule has 1 aromatic carbocycles. The van der Waals surface area contributed by atoms with E-state index in [-0.39, 0.29) is 11.8 Å². The number of ether oxygens (including phenoxy) is 1. The van der Waals surface area contributed by atoms with Crippen molar-refractivity contribution in [1.29, 1.82) is 0 Å². The SMILES string of the molecule is CCCNC(CS(=O)(=O)C(C)(C)C)c1ccccc1OC. The van der Waals surface area contributed by atoms with Gasteiger partial charge in [0, 0.05) is 11.6 Å². The summed E-state index contributed by atoms with van der Waals surface area (Å²) in [6, 6.07) is 7.31. The number of nitrogens with one attached hydrogen (secondary N) is 1. The van der Waals surface area contributed by atoms with E-state index < -0.39 is 14.6 Å². The summed E-state index contributed by atoms with van der Waals surface area (Å²) >= 11 is 0. The van der Waals surface area contributed by atoms with Crippen LogP contribution in [0.5, 0.6) is 5.75 Å². The predicted octanol–water partition coefficient (Wildman–Crippen LogP) is 2.95. The van der Waals surface area contributed by atoms with Crippen LogP contribution in [0.2, 0.25) is 0 Å². The fraction of sp³-hybridized carbons (Fsp3) is 0.625. The fourth-order valence-electron chi connectivity index (χ4n) is 2.00. The third kappa shape index (κ3) is 4.71. The van der Waals surface area contributed by atoms with Crippen LogP contribution in [-0.2, 0) is 9.84 Å². The molecule has 1 N–H and O–H groups in total. The molecule has 1 atom stereocenters. The third-order valence-electron chi connectivity index (χ3n) is 3.47. The lowest BCUT2D eigenvalue weighted by Gasteiger charge is -2.26. The Morgan fingerprint density at radius 2 is 1.86 bits per heavy atom. The first-order chi connectivity index (χ1) is 9.73. The van der Waals surface area contributed by atoms with Gasteiger partial charge in [-0.3, -0.25) is 0 Å². The van der Waals surface area contributed by atoms with Crippen molar-refractivity contribution in [3.8, 4) is 5.75 Å². The van der Waals surface area contributed by atoms with E-state index in [1.807, 2.05) is 24.3 Å². The smallest absolute Gasteiger partial charge is 0.157 e. The van der Waals surface area contributed by atoms with Gasteiger partial charge >= 0.3 is 0 Å². The predicted molar refractivity (Wildman–Crippen MR) is 87.6 cm³/mol. The highest BCUT2D eigenvalue weighted by molar-refractivity contribution is 7.92. The molecule has 0 aromatic heterocycles. The normalized spacial score (nSPS) is 14.0. The van der Waals surface area contributed by atoms with E-state index in [1.54, 1.807) is 27.9 Å². The van der Waals surface area contributed by atoms with Gasteiger partial charge in [-0.25, -0.2) is 8.42 Å². The van der Waals surface area contributed by atoms with Crippen LogP contribution >= 0.6 is 0 Å². The minimum absolute atomic E-state index is 0.0663. The van der Waals surface area contributed by atoms with E-state index in [2.05, 4.69) is 12.2 Å². The van der Waals surface area contributed by atoms with E-state index in [9.17, 15) is 8.42 Å². The van der Waals surface area contributed by atoms with Crippen molar-refractivity contribution in [3.05, 3.63) is 29.8 Å². The summed E-state index contributed by atoms with van der Waals surface area (Å²) in [5.74, 6) is 0.784. The molecule has 0 bridgehead atoms. The topological polar surface area (TPSA) is 55.4 Å². The van der Waals surface area contributed by atoms with Crippen LogP contribution in [0.4, 0.5) is 0 Å². The Labute approximate surface area is 128 Å². The van der Waals surface area contributed by atoms with Gasteiger partial charge in [-0.2, -0.15) is 0 Å². The monoisotopic (exact) mass is 313 g/mol. The fourth-order valence-corrected chi connectivity index (χ4v) is 3.24. The molecule has 0 heterocycles. The molecule has 0 spiro atoms. The highest BCUT2D eigenvalue weighted by Crippen LogP contribution is 2.28. The molecule has 1 unspecified atom stereocenters. The average Bonchev–Trinajstić information content (AvgIpc) is 2.42. The molecule has 1 aromatic rings. The lowest BCUT2D eigenvalue weighted by atomic mass is 10.1. The summed E-state index contributed by atoms with van der Waals surface area (Å²) in [5, 5.41) is 3.33. The van der Waals surface area contributed by atoms with Crippen LogP contribution in [-0.4, -0.2) is 32.6 Å². The second-order valence-corrected chi connectivity index (χ2v) is 8.93. The van der Waals surface area contributed by atoms with Crippen molar-refractivity contribution in [3.63, 3.8) is 0 Å². The summed E-state index contributed by atoms with van der Waals surface area (Å²) in [7, 11) is -1.61. The third-order valence-corrected chi connectivity index (χ3v) is 6.11. The maximum Gasteiger partial charge on any atom is 0.157 e. The quantitative estimate of drug-likeness (QED) is 0.841. The zero-order valence-corrected chi connectivity index (χ0v) is 14.5. The van der Waals surface area contributed by atoms with Gasteiger partial charge in [-0.15, -0.1) is 0 Å². The van der Waals surface area contributed by atoms with Gasteiger partial charge in [0.15, 0.2) is 9.84 Å². The van der Waals surface area contributed by atoms with Gasteiger partial charge in [-0.05, 0) is 39.8 Å². The Morgan fingerprint density at radius 1 is 1.24 bits per heavy atom. The zero-order chi connectivity index (χ0) is 16.1. The van der Waals surface area contributed by atoms with Crippen molar-refractivity contribution in [2.24, 2.45) is 0 Å². The van der Waals surface area contributed by atoms with Gasteiger partial charge in [0.1, 0.15) is 5.75 Å². The zero-order valence-electron chi connectivity index (χ0n) is 13.6. The van der Waals surface area contributed by atoms with Gasteiger partial charge in [0.25, 0.3) is 0 Å². The lowest BCUT2D eigenvalue weighted by molar-refractivity contribution is 0.401. The number of rotatable bonds is 7. The first kappa shape index (κ1) is 18.0. The number of methoxy groups -OCH3 is 1. The van der Waals surface area contributed by atoms with Crippen molar-refractivity contribution < 1.29 is 13.2 Å². The first-order valence-electron chi connectivity index (χ1n) is 7.31. The Hall–Kier alpha value is -1.07. The molecule has 0 saturated carbocycles. The Balaban J connectivity index is 3.12. The summed E-state index contributed by atoms with van der Waals surface area (Å²) < 4.78 is 29.6. The average molecular weight is 313 g/mol. The van der Waals surface area contributed by atoms with E-state index in [4.69, 9.17) is 4.74 Å². The number of para-hydroxylation sites is 1. The van der Waals surface area contributed by atoms with Crippen LogP contribution in [0.15, 0.2) is 24.3 Å². The van der Waals surface area contributed by atoms with Crippen molar-refractivity contribution >= 4 is 9.84 Å². The molecule has 0 saturated heterocycles. The van der Waals surface area contributed by atoms with Crippen LogP contribution in [0, 0.1) is 0 Å². The number of benzene rings is 1. The second-order valence-electron chi connectivity index (χ2n) is 6.14. The van der Waals surface area contributed by atoms with Crippen molar-refractivity contribution in [1.82, 2.24) is 5.32 Å². The Kier molecular flexibility index (Phi) is 6.23. The highest BCUT2D eigenvalue weighted by Gasteiger charge is 2.32. The molecule has 120 valence electrons. The van der Waals surface area contributed by atoms with Gasteiger partial charge in [-0.1, -0.05) is 25.1 Å². The molecule has 0 aliphatic carbocycles. The van der Waals surface area contributed by atoms with Crippen LogP contribution < -0.4 is 10.1 Å². The number of sulfone groups is 1. The van der Waals surface area contributed by atoms with E-state index in [1.165, 1.54) is 0 Å². The molecule has 0 fully saturated rings. The summed E-state index contributed by atoms with van der Waals surface area (Å²) in [4.78, 5) is 0. The molecule has 5 heteroatoms. The van der Waals surface area contributed by atoms with Crippen molar-refractivity contribution in [2.75, 3.05) is 19.4 Å². The van der Waals surface area contributed by atoms with E-state index in [0.29, 0.717) is 0 Å². The molecular formula is C16H27NO3S. The largest absolute Gasteiger partial charge is 0.496 e. The standard InChI is InChI=1S/C16H27NO3S/c1-6-11-17-14(12-21(18,19)16(2,3)4)13-9-7-8-10-15(13)20-5/h7-10,14,17H,6,11-12H2,1-5H3. The lowest BCUT2D eigenvalue weighted by Crippen LogP contribution is -2.37. The maximum atomic E-state index is 12.5. The van der Waals surface area contributed by atoms with Crippen molar-refractivity contribution in [2.45, 2.75) is 44.9 Å². The van der Waals surface area contributed by atoms with E-state index >= 15 is 0 Å². The first-order valence-corrected chi connectivity index (χ1v) is 8.96. The molecule has 0 amide bonds. The molecular weight excluding hydrogens is 286 g/mol. The summed E-state index contributed by atoms with van der Waals surface area (Å²) in [6.45, 7) is 8.04. The number of hydrogen-bond acceptors (Lipinski definition) is 4. The Bertz CT molecular complexity index is 547. The molecule has 0 radical (unpaired) electrons. The molecule has 0 aliphatic heterocycles. The Morgan fingerprint density at radius 3 is 2.38 bits per heavy atom. The summed E-state index contributed by atoms with van der Waals surface area (Å²) in [6.07, 6.45) is 0.946. The number of hydrogen-bond donors (Lipinski definition) is 1. The highest BCUT2D eigenvalue weighted by atomic mass is 32.2. The molecule has 1 rings (SSSR count). The second kappa shape index (κ2) is 7.27. The van der Waals surface area contributed by atoms with Gasteiger partial charge < -0.3 is 10.1 Å². The van der Waals surface area contributed by atoms with E-state index in [0.717, 1.165) is 24.3 Å². The van der Waals surface area contributed by atoms with Crippen LogP contribution in [0.3, 0.4) is 0 Å². The molecule has 4 nitrogen and oxygen atoms in total. The summed E-state index contributed by atoms with van der Waals surface area (Å²) in [5.41, 5.74) is 0.890. The minimum atomic E-state index is -3.22.